The van der Waals surface area contributed by atoms with Gasteiger partial charge >= 0.3 is 0 Å². The molecule has 1 aromatic rings. The second-order valence-corrected chi connectivity index (χ2v) is 9.90. The number of methoxy groups -OCH3 is 1. The molecule has 1 aromatic carbocycles. The Morgan fingerprint density at radius 2 is 1.80 bits per heavy atom. The first-order valence-corrected chi connectivity index (χ1v) is 11.9. The largest absolute Gasteiger partial charge is 0.493 e. The predicted octanol–water partition coefficient (Wildman–Crippen LogP) is 0.401. The van der Waals surface area contributed by atoms with Crippen LogP contribution in [0.15, 0.2) is 18.2 Å². The quantitative estimate of drug-likeness (QED) is 0.591. The minimum atomic E-state index is -3.00. The minimum Gasteiger partial charge on any atom is -0.493 e. The molecule has 1 saturated heterocycles. The first-order chi connectivity index (χ1) is 14.1. The maximum Gasteiger partial charge on any atom is 0.258 e. The Balaban J connectivity index is 1.94. The van der Waals surface area contributed by atoms with E-state index in [-0.39, 0.29) is 30.2 Å². The van der Waals surface area contributed by atoms with Crippen molar-refractivity contribution in [2.45, 2.75) is 19.9 Å². The third kappa shape index (κ3) is 7.49. The molecule has 0 atom stereocenters. The summed E-state index contributed by atoms with van der Waals surface area (Å²) in [6.45, 7) is 6.38. The highest BCUT2D eigenvalue weighted by Gasteiger charge is 2.23. The maximum atomic E-state index is 12.8. The van der Waals surface area contributed by atoms with Gasteiger partial charge in [0.2, 0.25) is 0 Å². The van der Waals surface area contributed by atoms with Crippen molar-refractivity contribution in [3.05, 3.63) is 23.8 Å². The molecule has 0 spiro atoms. The van der Waals surface area contributed by atoms with E-state index in [1.807, 2.05) is 18.7 Å². The number of nitrogens with zero attached hydrogens (tertiary/aromatic N) is 2. The van der Waals surface area contributed by atoms with Crippen molar-refractivity contribution in [3.63, 3.8) is 0 Å². The van der Waals surface area contributed by atoms with Crippen molar-refractivity contribution in [1.82, 2.24) is 15.1 Å². The second-order valence-electron chi connectivity index (χ2n) is 7.64. The van der Waals surface area contributed by atoms with Gasteiger partial charge in [0.05, 0.1) is 12.9 Å². The Morgan fingerprint density at radius 1 is 1.13 bits per heavy atom. The molecule has 1 aliphatic rings. The van der Waals surface area contributed by atoms with Crippen LogP contribution in [0, 0.1) is 0 Å². The van der Waals surface area contributed by atoms with Crippen molar-refractivity contribution < 1.29 is 27.5 Å². The van der Waals surface area contributed by atoms with Gasteiger partial charge in [0, 0.05) is 50.6 Å². The van der Waals surface area contributed by atoms with Crippen LogP contribution in [0.1, 0.15) is 24.2 Å². The molecule has 0 aromatic heterocycles. The van der Waals surface area contributed by atoms with E-state index in [1.165, 1.54) is 13.4 Å². The van der Waals surface area contributed by atoms with E-state index in [4.69, 9.17) is 9.47 Å². The summed E-state index contributed by atoms with van der Waals surface area (Å²) in [5.74, 6) is 0.527. The predicted molar refractivity (Wildman–Crippen MR) is 114 cm³/mol. The third-order valence-corrected chi connectivity index (χ3v) is 5.58. The monoisotopic (exact) mass is 441 g/mol. The molecule has 1 aliphatic heterocycles. The number of ether oxygens (including phenoxy) is 2. The molecule has 0 unspecified atom stereocenters. The van der Waals surface area contributed by atoms with Gasteiger partial charge in [0.1, 0.15) is 9.84 Å². The van der Waals surface area contributed by atoms with Crippen LogP contribution in [-0.2, 0) is 14.6 Å². The molecule has 0 aliphatic carbocycles. The van der Waals surface area contributed by atoms with Crippen LogP contribution < -0.4 is 14.8 Å². The smallest absolute Gasteiger partial charge is 0.258 e. The van der Waals surface area contributed by atoms with Crippen LogP contribution in [0.2, 0.25) is 0 Å². The highest BCUT2D eigenvalue weighted by Crippen LogP contribution is 2.28. The summed E-state index contributed by atoms with van der Waals surface area (Å²) in [6.07, 6.45) is 1.23. The van der Waals surface area contributed by atoms with Crippen molar-refractivity contribution in [1.29, 1.82) is 0 Å². The van der Waals surface area contributed by atoms with Crippen LogP contribution in [-0.4, -0.2) is 94.5 Å². The van der Waals surface area contributed by atoms with E-state index in [0.29, 0.717) is 49.8 Å². The number of sulfone groups is 1. The number of benzene rings is 1. The summed E-state index contributed by atoms with van der Waals surface area (Å²) in [5.41, 5.74) is 0.468. The molecular weight excluding hydrogens is 410 g/mol. The number of hydrogen-bond donors (Lipinski definition) is 1. The molecule has 1 heterocycles. The Kier molecular flexibility index (Phi) is 8.48. The molecule has 10 heteroatoms. The number of amides is 2. The molecule has 1 N–H and O–H groups in total. The van der Waals surface area contributed by atoms with Gasteiger partial charge < -0.3 is 19.7 Å². The molecular formula is C20H31N3O6S. The molecule has 0 radical (unpaired) electrons. The van der Waals surface area contributed by atoms with Crippen molar-refractivity contribution in [2.75, 3.05) is 58.4 Å². The number of carbonyl (C=O) groups is 2. The summed E-state index contributed by atoms with van der Waals surface area (Å²) >= 11 is 0. The summed E-state index contributed by atoms with van der Waals surface area (Å²) in [5, 5.41) is 2.74. The fraction of sp³-hybridized carbons (Fsp3) is 0.600. The van der Waals surface area contributed by atoms with E-state index >= 15 is 0 Å². The lowest BCUT2D eigenvalue weighted by Gasteiger charge is -2.34. The van der Waals surface area contributed by atoms with Gasteiger partial charge in [-0.05, 0) is 32.0 Å². The minimum absolute atomic E-state index is 0.0230. The van der Waals surface area contributed by atoms with Crippen molar-refractivity contribution in [2.24, 2.45) is 0 Å². The van der Waals surface area contributed by atoms with Gasteiger partial charge in [-0.1, -0.05) is 0 Å². The molecule has 1 fully saturated rings. The van der Waals surface area contributed by atoms with Crippen molar-refractivity contribution in [3.8, 4) is 11.5 Å². The van der Waals surface area contributed by atoms with E-state index in [2.05, 4.69) is 5.32 Å². The van der Waals surface area contributed by atoms with Crippen LogP contribution in [0.5, 0.6) is 11.5 Å². The Hall–Kier alpha value is -2.33. The lowest BCUT2D eigenvalue weighted by molar-refractivity contribution is -0.123. The summed E-state index contributed by atoms with van der Waals surface area (Å²) in [4.78, 5) is 28.4. The van der Waals surface area contributed by atoms with Crippen LogP contribution in [0.25, 0.3) is 0 Å². The van der Waals surface area contributed by atoms with E-state index in [9.17, 15) is 18.0 Å². The topological polar surface area (TPSA) is 105 Å². The van der Waals surface area contributed by atoms with Crippen molar-refractivity contribution >= 4 is 21.7 Å². The molecule has 168 valence electrons. The van der Waals surface area contributed by atoms with Gasteiger partial charge in [-0.15, -0.1) is 0 Å². The van der Waals surface area contributed by atoms with Crippen LogP contribution in [0.4, 0.5) is 0 Å². The molecule has 2 rings (SSSR count). The Bertz CT molecular complexity index is 848. The van der Waals surface area contributed by atoms with Crippen LogP contribution >= 0.6 is 0 Å². The lowest BCUT2D eigenvalue weighted by Crippen LogP contribution is -2.49. The van der Waals surface area contributed by atoms with Gasteiger partial charge in [0.25, 0.3) is 11.8 Å². The SMILES string of the molecule is COc1cc(C(=O)N2CCN(CCS(C)(=O)=O)CC2)ccc1OCC(=O)NC(C)C. The van der Waals surface area contributed by atoms with E-state index in [1.54, 1.807) is 23.1 Å². The zero-order chi connectivity index (χ0) is 22.3. The first-order valence-electron chi connectivity index (χ1n) is 9.88. The fourth-order valence-electron chi connectivity index (χ4n) is 3.08. The molecule has 9 nitrogen and oxygen atoms in total. The molecule has 0 saturated carbocycles. The van der Waals surface area contributed by atoms with Gasteiger partial charge in [0.15, 0.2) is 18.1 Å². The number of carbonyl (C=O) groups excluding carboxylic acids is 2. The summed E-state index contributed by atoms with van der Waals surface area (Å²) in [6, 6.07) is 4.90. The highest BCUT2D eigenvalue weighted by molar-refractivity contribution is 7.90. The summed E-state index contributed by atoms with van der Waals surface area (Å²) in [7, 11) is -1.52. The maximum absolute atomic E-state index is 12.8. The number of hydrogen-bond acceptors (Lipinski definition) is 7. The van der Waals surface area contributed by atoms with Crippen LogP contribution in [0.3, 0.4) is 0 Å². The number of rotatable bonds is 9. The lowest BCUT2D eigenvalue weighted by atomic mass is 10.1. The van der Waals surface area contributed by atoms with Gasteiger partial charge in [-0.3, -0.25) is 14.5 Å². The molecule has 2 amide bonds. The zero-order valence-corrected chi connectivity index (χ0v) is 18.8. The summed E-state index contributed by atoms with van der Waals surface area (Å²) < 4.78 is 33.5. The first kappa shape index (κ1) is 23.9. The van der Waals surface area contributed by atoms with Gasteiger partial charge in [-0.25, -0.2) is 8.42 Å². The number of nitrogens with one attached hydrogen (secondary N) is 1. The normalized spacial score (nSPS) is 15.2. The number of piperazine rings is 1. The average Bonchev–Trinajstić information content (AvgIpc) is 2.69. The highest BCUT2D eigenvalue weighted by atomic mass is 32.2. The third-order valence-electron chi connectivity index (χ3n) is 4.66. The van der Waals surface area contributed by atoms with E-state index < -0.39 is 9.84 Å². The average molecular weight is 442 g/mol. The zero-order valence-electron chi connectivity index (χ0n) is 18.0. The second kappa shape index (κ2) is 10.6. The van der Waals surface area contributed by atoms with E-state index in [0.717, 1.165) is 0 Å². The molecule has 0 bridgehead atoms. The Labute approximate surface area is 178 Å². The standard InChI is InChI=1S/C20H31N3O6S/c1-15(2)21-19(24)14-29-17-6-5-16(13-18(17)28-3)20(25)23-9-7-22(8-10-23)11-12-30(4,26)27/h5-6,13,15H,7-12,14H2,1-4H3,(H,21,24). The Morgan fingerprint density at radius 3 is 2.37 bits per heavy atom. The van der Waals surface area contributed by atoms with Gasteiger partial charge in [-0.2, -0.15) is 0 Å². The fourth-order valence-corrected chi connectivity index (χ4v) is 3.67. The molecule has 30 heavy (non-hydrogen) atoms.